The van der Waals surface area contributed by atoms with E-state index in [4.69, 9.17) is 4.74 Å². The zero-order valence-corrected chi connectivity index (χ0v) is 17.5. The lowest BCUT2D eigenvalue weighted by molar-refractivity contribution is -0.123. The molecule has 0 unspecified atom stereocenters. The normalized spacial score (nSPS) is 11.9. The lowest BCUT2D eigenvalue weighted by Crippen LogP contribution is -2.39. The lowest BCUT2D eigenvalue weighted by Gasteiger charge is -2.19. The van der Waals surface area contributed by atoms with E-state index in [0.29, 0.717) is 5.69 Å². The average molecular weight is 405 g/mol. The van der Waals surface area contributed by atoms with Crippen LogP contribution in [0.1, 0.15) is 18.5 Å². The van der Waals surface area contributed by atoms with Crippen LogP contribution in [0.3, 0.4) is 0 Å². The molecule has 3 aromatic carbocycles. The van der Waals surface area contributed by atoms with Crippen LogP contribution in [0.4, 0.5) is 5.69 Å². The van der Waals surface area contributed by atoms with Gasteiger partial charge in [0.2, 0.25) is 11.8 Å². The van der Waals surface area contributed by atoms with Gasteiger partial charge in [-0.1, -0.05) is 36.4 Å². The molecule has 0 radical (unpaired) electrons. The van der Waals surface area contributed by atoms with Gasteiger partial charge in [0.15, 0.2) is 0 Å². The van der Waals surface area contributed by atoms with Crippen LogP contribution in [0.25, 0.3) is 10.8 Å². The fraction of sp³-hybridized carbons (Fsp3) is 0.250. The Labute approximate surface area is 176 Å². The van der Waals surface area contributed by atoms with E-state index in [1.807, 2.05) is 25.1 Å². The van der Waals surface area contributed by atoms with Crippen LogP contribution < -0.4 is 15.4 Å². The number of carbonyl (C=O) groups is 2. The van der Waals surface area contributed by atoms with Crippen LogP contribution in [0.15, 0.2) is 66.7 Å². The van der Waals surface area contributed by atoms with Gasteiger partial charge in [-0.15, -0.1) is 0 Å². The van der Waals surface area contributed by atoms with Gasteiger partial charge in [0.25, 0.3) is 0 Å². The summed E-state index contributed by atoms with van der Waals surface area (Å²) >= 11 is 0. The van der Waals surface area contributed by atoms with Gasteiger partial charge in [0.05, 0.1) is 26.2 Å². The third-order valence-electron chi connectivity index (χ3n) is 4.85. The number of methoxy groups -OCH3 is 1. The number of hydrogen-bond acceptors (Lipinski definition) is 4. The van der Waals surface area contributed by atoms with Gasteiger partial charge >= 0.3 is 0 Å². The lowest BCUT2D eigenvalue weighted by atomic mass is 10.0. The Bertz CT molecular complexity index is 1020. The van der Waals surface area contributed by atoms with Crippen LogP contribution in [0.5, 0.6) is 5.75 Å². The van der Waals surface area contributed by atoms with Crippen molar-refractivity contribution in [1.82, 2.24) is 10.2 Å². The zero-order chi connectivity index (χ0) is 21.5. The molecule has 0 aliphatic rings. The number of hydrogen-bond donors (Lipinski definition) is 2. The second kappa shape index (κ2) is 9.89. The average Bonchev–Trinajstić information content (AvgIpc) is 2.73. The Morgan fingerprint density at radius 2 is 1.60 bits per heavy atom. The van der Waals surface area contributed by atoms with Gasteiger partial charge in [-0.3, -0.25) is 14.5 Å². The second-order valence-electron chi connectivity index (χ2n) is 7.34. The molecular weight excluding hydrogens is 378 g/mol. The standard InChI is InChI=1S/C24H27N3O3/c1-17(19-9-8-18-6-4-5-7-20(18)14-19)25-23(28)15-27(2)16-24(29)26-21-10-12-22(30-3)13-11-21/h4-14,17H,15-16H2,1-3H3,(H,25,28)(H,26,29)/t17-/m0/s1. The predicted molar refractivity (Wildman–Crippen MR) is 120 cm³/mol. The van der Waals surface area contributed by atoms with Gasteiger partial charge in [-0.05, 0) is 60.6 Å². The fourth-order valence-corrected chi connectivity index (χ4v) is 3.27. The highest BCUT2D eigenvalue weighted by Crippen LogP contribution is 2.20. The van der Waals surface area contributed by atoms with E-state index in [1.54, 1.807) is 43.3 Å². The Hall–Kier alpha value is -3.38. The minimum atomic E-state index is -0.182. The molecule has 2 N–H and O–H groups in total. The summed E-state index contributed by atoms with van der Waals surface area (Å²) in [7, 11) is 3.34. The predicted octanol–water partition coefficient (Wildman–Crippen LogP) is 3.60. The van der Waals surface area contributed by atoms with Crippen molar-refractivity contribution in [2.45, 2.75) is 13.0 Å². The molecule has 0 aliphatic heterocycles. The first kappa shape index (κ1) is 21.3. The van der Waals surface area contributed by atoms with Crippen LogP contribution in [0.2, 0.25) is 0 Å². The number of carbonyl (C=O) groups excluding carboxylic acids is 2. The van der Waals surface area contributed by atoms with Crippen molar-refractivity contribution in [3.05, 3.63) is 72.3 Å². The highest BCUT2D eigenvalue weighted by Gasteiger charge is 2.14. The van der Waals surface area contributed by atoms with Gasteiger partial charge < -0.3 is 15.4 Å². The molecule has 0 spiro atoms. The van der Waals surface area contributed by atoms with Gasteiger partial charge in [-0.25, -0.2) is 0 Å². The Morgan fingerprint density at radius 1 is 0.933 bits per heavy atom. The smallest absolute Gasteiger partial charge is 0.238 e. The van der Waals surface area contributed by atoms with E-state index in [2.05, 4.69) is 34.9 Å². The number of amides is 2. The number of rotatable bonds is 8. The summed E-state index contributed by atoms with van der Waals surface area (Å²) in [6.45, 7) is 2.20. The van der Waals surface area contributed by atoms with Crippen molar-refractivity contribution < 1.29 is 14.3 Å². The van der Waals surface area contributed by atoms with E-state index < -0.39 is 0 Å². The van der Waals surface area contributed by atoms with Crippen LogP contribution in [0, 0.1) is 0 Å². The summed E-state index contributed by atoms with van der Waals surface area (Å²) < 4.78 is 5.10. The van der Waals surface area contributed by atoms with Crippen molar-refractivity contribution in [2.75, 3.05) is 32.6 Å². The summed E-state index contributed by atoms with van der Waals surface area (Å²) in [6.07, 6.45) is 0. The van der Waals surface area contributed by atoms with E-state index >= 15 is 0 Å². The molecule has 6 heteroatoms. The Kier molecular flexibility index (Phi) is 7.03. The summed E-state index contributed by atoms with van der Waals surface area (Å²) in [4.78, 5) is 26.3. The first-order chi connectivity index (χ1) is 14.4. The van der Waals surface area contributed by atoms with Crippen molar-refractivity contribution in [3.63, 3.8) is 0 Å². The molecule has 0 saturated heterocycles. The molecule has 0 bridgehead atoms. The highest BCUT2D eigenvalue weighted by molar-refractivity contribution is 5.92. The van der Waals surface area contributed by atoms with Crippen LogP contribution in [-0.4, -0.2) is 44.0 Å². The molecule has 30 heavy (non-hydrogen) atoms. The second-order valence-corrected chi connectivity index (χ2v) is 7.34. The molecule has 6 nitrogen and oxygen atoms in total. The maximum absolute atomic E-state index is 12.4. The summed E-state index contributed by atoms with van der Waals surface area (Å²) in [6, 6.07) is 21.3. The number of anilines is 1. The molecule has 1 atom stereocenters. The Morgan fingerprint density at radius 3 is 2.30 bits per heavy atom. The first-order valence-electron chi connectivity index (χ1n) is 9.85. The van der Waals surface area contributed by atoms with Crippen molar-refractivity contribution >= 4 is 28.3 Å². The minimum absolute atomic E-state index is 0.115. The fourth-order valence-electron chi connectivity index (χ4n) is 3.27. The van der Waals surface area contributed by atoms with Gasteiger partial charge in [0, 0.05) is 5.69 Å². The van der Waals surface area contributed by atoms with Gasteiger partial charge in [-0.2, -0.15) is 0 Å². The largest absolute Gasteiger partial charge is 0.497 e. The SMILES string of the molecule is COc1ccc(NC(=O)CN(C)CC(=O)N[C@@H](C)c2ccc3ccccc3c2)cc1. The quantitative estimate of drug-likeness (QED) is 0.601. The van der Waals surface area contributed by atoms with Crippen molar-refractivity contribution in [3.8, 4) is 5.75 Å². The molecular formula is C24H27N3O3. The number of nitrogens with zero attached hydrogens (tertiary/aromatic N) is 1. The summed E-state index contributed by atoms with van der Waals surface area (Å²) in [5, 5.41) is 8.13. The van der Waals surface area contributed by atoms with E-state index in [0.717, 1.165) is 16.7 Å². The van der Waals surface area contributed by atoms with E-state index in [9.17, 15) is 9.59 Å². The van der Waals surface area contributed by atoms with Crippen molar-refractivity contribution in [1.29, 1.82) is 0 Å². The third kappa shape index (κ3) is 5.81. The third-order valence-corrected chi connectivity index (χ3v) is 4.85. The maximum Gasteiger partial charge on any atom is 0.238 e. The van der Waals surface area contributed by atoms with E-state index in [-0.39, 0.29) is 30.9 Å². The maximum atomic E-state index is 12.4. The first-order valence-corrected chi connectivity index (χ1v) is 9.85. The molecule has 0 saturated carbocycles. The molecule has 156 valence electrons. The molecule has 0 fully saturated rings. The number of ether oxygens (including phenoxy) is 1. The summed E-state index contributed by atoms with van der Waals surface area (Å²) in [5.74, 6) is 0.413. The molecule has 0 aliphatic carbocycles. The monoisotopic (exact) mass is 405 g/mol. The number of benzene rings is 3. The molecule has 3 aromatic rings. The zero-order valence-electron chi connectivity index (χ0n) is 17.5. The minimum Gasteiger partial charge on any atom is -0.497 e. The Balaban J connectivity index is 1.48. The number of nitrogens with one attached hydrogen (secondary N) is 2. The highest BCUT2D eigenvalue weighted by atomic mass is 16.5. The molecule has 0 aromatic heterocycles. The molecule has 2 amide bonds. The molecule has 3 rings (SSSR count). The van der Waals surface area contributed by atoms with Gasteiger partial charge in [0.1, 0.15) is 5.75 Å². The van der Waals surface area contributed by atoms with Crippen molar-refractivity contribution in [2.24, 2.45) is 0 Å². The summed E-state index contributed by atoms with van der Waals surface area (Å²) in [5.41, 5.74) is 1.73. The number of fused-ring (bicyclic) bond motifs is 1. The van der Waals surface area contributed by atoms with E-state index in [1.165, 1.54) is 5.39 Å². The topological polar surface area (TPSA) is 70.7 Å². The van der Waals surface area contributed by atoms with Crippen LogP contribution >= 0.6 is 0 Å². The van der Waals surface area contributed by atoms with Crippen LogP contribution in [-0.2, 0) is 9.59 Å². The number of likely N-dealkylation sites (N-methyl/N-ethyl adjacent to an activating group) is 1. The molecule has 0 heterocycles.